The summed E-state index contributed by atoms with van der Waals surface area (Å²) in [7, 11) is 0. The number of rotatable bonds is 2. The molecule has 2 heterocycles. The number of hydrogen-bond acceptors (Lipinski definition) is 3. The molecule has 0 radical (unpaired) electrons. The van der Waals surface area contributed by atoms with E-state index < -0.39 is 0 Å². The van der Waals surface area contributed by atoms with Crippen LogP contribution in [0.4, 0.5) is 0 Å². The van der Waals surface area contributed by atoms with Crippen molar-refractivity contribution in [1.82, 2.24) is 14.6 Å². The summed E-state index contributed by atoms with van der Waals surface area (Å²) in [6.45, 7) is 0. The smallest absolute Gasteiger partial charge is 0.182 e. The van der Waals surface area contributed by atoms with Crippen LogP contribution < -0.4 is 0 Å². The molecule has 88 valence electrons. The van der Waals surface area contributed by atoms with E-state index in [1.54, 1.807) is 35.0 Å². The highest BCUT2D eigenvalue weighted by Gasteiger charge is 2.09. The number of aromatic nitrogens is 3. The van der Waals surface area contributed by atoms with Gasteiger partial charge in [-0.1, -0.05) is 23.7 Å². The van der Waals surface area contributed by atoms with Gasteiger partial charge in [-0.3, -0.25) is 4.79 Å². The molecule has 1 aromatic carbocycles. The van der Waals surface area contributed by atoms with Gasteiger partial charge in [0, 0.05) is 16.8 Å². The van der Waals surface area contributed by atoms with Crippen molar-refractivity contribution >= 4 is 23.5 Å². The molecule has 0 amide bonds. The summed E-state index contributed by atoms with van der Waals surface area (Å²) in [4.78, 5) is 15.3. The van der Waals surface area contributed by atoms with Crippen LogP contribution in [0.25, 0.3) is 17.0 Å². The van der Waals surface area contributed by atoms with Gasteiger partial charge in [0.15, 0.2) is 17.8 Å². The highest BCUT2D eigenvalue weighted by molar-refractivity contribution is 6.30. The second-order valence-electron chi connectivity index (χ2n) is 3.80. The zero-order chi connectivity index (χ0) is 12.5. The average molecular weight is 258 g/mol. The maximum atomic E-state index is 10.9. The molecule has 0 bridgehead atoms. The number of pyridine rings is 1. The van der Waals surface area contributed by atoms with E-state index in [2.05, 4.69) is 10.1 Å². The Bertz CT molecular complexity index is 736. The van der Waals surface area contributed by atoms with E-state index >= 15 is 0 Å². The number of hydrogen-bond donors (Lipinski definition) is 0. The van der Waals surface area contributed by atoms with Gasteiger partial charge in [0.1, 0.15) is 0 Å². The minimum Gasteiger partial charge on any atom is -0.298 e. The number of nitrogens with zero attached hydrogens (tertiary/aromatic N) is 3. The van der Waals surface area contributed by atoms with Crippen molar-refractivity contribution in [2.45, 2.75) is 0 Å². The van der Waals surface area contributed by atoms with E-state index in [1.807, 2.05) is 12.1 Å². The fraction of sp³-hybridized carbons (Fsp3) is 0. The Morgan fingerprint density at radius 3 is 2.89 bits per heavy atom. The standard InChI is InChI=1S/C13H8ClN3O/c14-11-5-1-3-9(7-11)12-15-13-10(8-18)4-2-6-17(13)16-12/h1-8H. The van der Waals surface area contributed by atoms with Crippen molar-refractivity contribution in [2.75, 3.05) is 0 Å². The van der Waals surface area contributed by atoms with Gasteiger partial charge >= 0.3 is 0 Å². The number of carbonyl (C=O) groups is 1. The molecular weight excluding hydrogens is 250 g/mol. The van der Waals surface area contributed by atoms with E-state index in [1.165, 1.54) is 0 Å². The predicted molar refractivity (Wildman–Crippen MR) is 68.8 cm³/mol. The van der Waals surface area contributed by atoms with Gasteiger partial charge in [-0.15, -0.1) is 5.10 Å². The monoisotopic (exact) mass is 257 g/mol. The number of fused-ring (bicyclic) bond motifs is 1. The zero-order valence-corrected chi connectivity index (χ0v) is 10.0. The SMILES string of the molecule is O=Cc1cccn2nc(-c3cccc(Cl)c3)nc12. The Morgan fingerprint density at radius 2 is 2.11 bits per heavy atom. The predicted octanol–water partition coefficient (Wildman–Crippen LogP) is 2.86. The molecule has 0 atom stereocenters. The molecule has 0 spiro atoms. The van der Waals surface area contributed by atoms with E-state index in [-0.39, 0.29) is 0 Å². The van der Waals surface area contributed by atoms with Crippen LogP contribution in [0.3, 0.4) is 0 Å². The summed E-state index contributed by atoms with van der Waals surface area (Å²) < 4.78 is 1.58. The molecule has 0 aliphatic heterocycles. The summed E-state index contributed by atoms with van der Waals surface area (Å²) in [5.74, 6) is 0.548. The molecule has 5 heteroatoms. The van der Waals surface area contributed by atoms with Gasteiger partial charge in [0.25, 0.3) is 0 Å². The Kier molecular flexibility index (Phi) is 2.57. The minimum atomic E-state index is 0.512. The van der Waals surface area contributed by atoms with Crippen molar-refractivity contribution in [2.24, 2.45) is 0 Å². The average Bonchev–Trinajstić information content (AvgIpc) is 2.82. The van der Waals surface area contributed by atoms with Crippen molar-refractivity contribution in [3.8, 4) is 11.4 Å². The van der Waals surface area contributed by atoms with Gasteiger partial charge < -0.3 is 0 Å². The summed E-state index contributed by atoms with van der Waals surface area (Å²) >= 11 is 5.93. The zero-order valence-electron chi connectivity index (χ0n) is 9.25. The lowest BCUT2D eigenvalue weighted by Crippen LogP contribution is -1.90. The molecule has 0 fully saturated rings. The van der Waals surface area contributed by atoms with Gasteiger partial charge in [0.05, 0.1) is 5.56 Å². The Labute approximate surface area is 108 Å². The number of halogens is 1. The molecular formula is C13H8ClN3O. The molecule has 0 unspecified atom stereocenters. The highest BCUT2D eigenvalue weighted by Crippen LogP contribution is 2.20. The molecule has 0 saturated carbocycles. The normalized spacial score (nSPS) is 10.7. The summed E-state index contributed by atoms with van der Waals surface area (Å²) in [6.07, 6.45) is 2.52. The molecule has 4 nitrogen and oxygen atoms in total. The summed E-state index contributed by atoms with van der Waals surface area (Å²) in [5.41, 5.74) is 1.88. The first-order chi connectivity index (χ1) is 8.78. The first-order valence-corrected chi connectivity index (χ1v) is 5.72. The lowest BCUT2D eigenvalue weighted by Gasteiger charge is -1.94. The van der Waals surface area contributed by atoms with Crippen LogP contribution in [0.1, 0.15) is 10.4 Å². The van der Waals surface area contributed by atoms with Crippen LogP contribution in [0.5, 0.6) is 0 Å². The topological polar surface area (TPSA) is 47.3 Å². The first-order valence-electron chi connectivity index (χ1n) is 5.34. The van der Waals surface area contributed by atoms with E-state index in [9.17, 15) is 4.79 Å². The Morgan fingerprint density at radius 1 is 1.22 bits per heavy atom. The van der Waals surface area contributed by atoms with Crippen LogP contribution >= 0.6 is 11.6 Å². The minimum absolute atomic E-state index is 0.512. The number of aldehydes is 1. The lowest BCUT2D eigenvalue weighted by molar-refractivity contribution is 0.112. The maximum absolute atomic E-state index is 10.9. The maximum Gasteiger partial charge on any atom is 0.182 e. The molecule has 0 aliphatic carbocycles. The van der Waals surface area contributed by atoms with Crippen molar-refractivity contribution < 1.29 is 4.79 Å². The number of benzene rings is 1. The summed E-state index contributed by atoms with van der Waals surface area (Å²) in [5, 5.41) is 4.95. The van der Waals surface area contributed by atoms with Crippen LogP contribution in [0, 0.1) is 0 Å². The molecule has 3 aromatic rings. The van der Waals surface area contributed by atoms with Crippen LogP contribution in [0.15, 0.2) is 42.6 Å². The highest BCUT2D eigenvalue weighted by atomic mass is 35.5. The van der Waals surface area contributed by atoms with Crippen LogP contribution in [0.2, 0.25) is 5.02 Å². The second kappa shape index (κ2) is 4.23. The fourth-order valence-corrected chi connectivity index (χ4v) is 1.96. The molecule has 2 aromatic heterocycles. The summed E-state index contributed by atoms with van der Waals surface area (Å²) in [6, 6.07) is 10.8. The number of carbonyl (C=O) groups excluding carboxylic acids is 1. The van der Waals surface area contributed by atoms with Crippen LogP contribution in [-0.2, 0) is 0 Å². The molecule has 18 heavy (non-hydrogen) atoms. The van der Waals surface area contributed by atoms with Gasteiger partial charge in [-0.2, -0.15) is 0 Å². The van der Waals surface area contributed by atoms with Crippen molar-refractivity contribution in [1.29, 1.82) is 0 Å². The molecule has 3 rings (SSSR count). The van der Waals surface area contributed by atoms with Crippen molar-refractivity contribution in [3.05, 3.63) is 53.2 Å². The molecule has 0 saturated heterocycles. The van der Waals surface area contributed by atoms with E-state index in [4.69, 9.17) is 11.6 Å². The molecule has 0 N–H and O–H groups in total. The Balaban J connectivity index is 2.22. The second-order valence-corrected chi connectivity index (χ2v) is 4.23. The van der Waals surface area contributed by atoms with E-state index in [0.29, 0.717) is 22.1 Å². The lowest BCUT2D eigenvalue weighted by atomic mass is 10.2. The quantitative estimate of drug-likeness (QED) is 0.663. The Hall–Kier alpha value is -2.20. The van der Waals surface area contributed by atoms with Crippen LogP contribution in [-0.4, -0.2) is 20.9 Å². The van der Waals surface area contributed by atoms with E-state index in [0.717, 1.165) is 11.8 Å². The fourth-order valence-electron chi connectivity index (χ4n) is 1.77. The molecule has 0 aliphatic rings. The van der Waals surface area contributed by atoms with Gasteiger partial charge in [-0.05, 0) is 24.3 Å². The third-order valence-corrected chi connectivity index (χ3v) is 2.84. The van der Waals surface area contributed by atoms with Gasteiger partial charge in [-0.25, -0.2) is 9.50 Å². The van der Waals surface area contributed by atoms with Crippen molar-refractivity contribution in [3.63, 3.8) is 0 Å². The van der Waals surface area contributed by atoms with Gasteiger partial charge in [0.2, 0.25) is 0 Å². The first kappa shape index (κ1) is 10.9. The third-order valence-electron chi connectivity index (χ3n) is 2.60. The largest absolute Gasteiger partial charge is 0.298 e. The third kappa shape index (κ3) is 1.76.